The molecule has 1 aliphatic heterocycles. The number of ether oxygens (including phenoxy) is 1. The molecule has 2 heterocycles. The Labute approximate surface area is 176 Å². The molecule has 2 N–H and O–H groups in total. The molecule has 0 aliphatic carbocycles. The van der Waals surface area contributed by atoms with Crippen LogP contribution in [0.15, 0.2) is 41.8 Å². The summed E-state index contributed by atoms with van der Waals surface area (Å²) in [5.74, 6) is 0.560. The lowest BCUT2D eigenvalue weighted by atomic mass is 10.0. The summed E-state index contributed by atoms with van der Waals surface area (Å²) in [7, 11) is 1.66. The molecule has 1 aliphatic rings. The molecule has 3 amide bonds. The Morgan fingerprint density at radius 1 is 1.17 bits per heavy atom. The van der Waals surface area contributed by atoms with Crippen LogP contribution in [0.4, 0.5) is 4.79 Å². The lowest BCUT2D eigenvalue weighted by molar-refractivity contribution is -0.121. The highest BCUT2D eigenvalue weighted by molar-refractivity contribution is 7.09. The van der Waals surface area contributed by atoms with Crippen molar-refractivity contribution in [2.45, 2.75) is 38.1 Å². The highest BCUT2D eigenvalue weighted by atomic mass is 32.1. The number of hydrogen-bond acceptors (Lipinski definition) is 5. The molecule has 0 radical (unpaired) electrons. The van der Waals surface area contributed by atoms with E-state index in [1.165, 1.54) is 10.4 Å². The van der Waals surface area contributed by atoms with Gasteiger partial charge in [0, 0.05) is 17.5 Å². The molecule has 7 heteroatoms. The topological polar surface area (TPSA) is 70.7 Å². The average molecular weight is 416 g/mol. The Balaban J connectivity index is 1.52. The molecule has 1 fully saturated rings. The molecule has 0 bridgehead atoms. The minimum atomic E-state index is -0.428. The van der Waals surface area contributed by atoms with Crippen LogP contribution < -0.4 is 15.4 Å². The molecule has 1 unspecified atom stereocenters. The number of carbonyl (C=O) groups is 2. The fraction of sp³-hybridized carbons (Fsp3) is 0.455. The van der Waals surface area contributed by atoms with Gasteiger partial charge in [-0.05, 0) is 54.9 Å². The Morgan fingerprint density at radius 2 is 2.00 bits per heavy atom. The smallest absolute Gasteiger partial charge is 0.321 e. The monoisotopic (exact) mass is 415 g/mol. The molecule has 29 heavy (non-hydrogen) atoms. The molecule has 0 spiro atoms. The van der Waals surface area contributed by atoms with Crippen LogP contribution >= 0.6 is 11.3 Å². The molecule has 3 rings (SSSR count). The van der Waals surface area contributed by atoms with Gasteiger partial charge in [-0.1, -0.05) is 31.0 Å². The first-order valence-corrected chi connectivity index (χ1v) is 11.0. The van der Waals surface area contributed by atoms with Crippen LogP contribution in [0.1, 0.15) is 42.2 Å². The fourth-order valence-corrected chi connectivity index (χ4v) is 4.42. The molecule has 156 valence electrons. The maximum Gasteiger partial charge on any atom is 0.321 e. The number of hydrogen-bond donors (Lipinski definition) is 2. The number of nitrogens with zero attached hydrogens (tertiary/aromatic N) is 1. The van der Waals surface area contributed by atoms with Gasteiger partial charge in [0.2, 0.25) is 5.91 Å². The average Bonchev–Trinajstić information content (AvgIpc) is 3.13. The third-order valence-corrected chi connectivity index (χ3v) is 6.14. The van der Waals surface area contributed by atoms with Gasteiger partial charge in [0.15, 0.2) is 0 Å². The number of urea groups is 1. The van der Waals surface area contributed by atoms with E-state index in [9.17, 15) is 9.59 Å². The van der Waals surface area contributed by atoms with Gasteiger partial charge >= 0.3 is 6.03 Å². The van der Waals surface area contributed by atoms with Crippen LogP contribution in [0.25, 0.3) is 0 Å². The van der Waals surface area contributed by atoms with Crippen LogP contribution in [0.3, 0.4) is 0 Å². The first kappa shape index (κ1) is 21.3. The first-order chi connectivity index (χ1) is 14.2. The molecule has 0 saturated carbocycles. The zero-order chi connectivity index (χ0) is 20.5. The van der Waals surface area contributed by atoms with Crippen LogP contribution in [0.2, 0.25) is 0 Å². The van der Waals surface area contributed by atoms with Gasteiger partial charge in [0.25, 0.3) is 0 Å². The third-order valence-electron chi connectivity index (χ3n) is 5.20. The Hall–Kier alpha value is -2.38. The van der Waals surface area contributed by atoms with Crippen molar-refractivity contribution in [3.63, 3.8) is 0 Å². The molecule has 1 aromatic heterocycles. The van der Waals surface area contributed by atoms with Gasteiger partial charge in [0.05, 0.1) is 13.7 Å². The molecule has 1 saturated heterocycles. The van der Waals surface area contributed by atoms with Crippen molar-refractivity contribution < 1.29 is 14.3 Å². The van der Waals surface area contributed by atoms with Crippen molar-refractivity contribution in [3.8, 4) is 5.75 Å². The van der Waals surface area contributed by atoms with Gasteiger partial charge in [0.1, 0.15) is 5.75 Å². The van der Waals surface area contributed by atoms with Crippen molar-refractivity contribution in [2.75, 3.05) is 26.7 Å². The van der Waals surface area contributed by atoms with E-state index in [4.69, 9.17) is 4.74 Å². The molecular formula is C22H29N3O3S. The number of amides is 3. The predicted octanol–water partition coefficient (Wildman–Crippen LogP) is 3.74. The maximum atomic E-state index is 12.5. The minimum absolute atomic E-state index is 0.177. The summed E-state index contributed by atoms with van der Waals surface area (Å²) in [6, 6.07) is 11.8. The largest absolute Gasteiger partial charge is 0.497 e. The van der Waals surface area contributed by atoms with Gasteiger partial charge in [-0.25, -0.2) is 4.79 Å². The number of nitrogens with one attached hydrogen (secondary N) is 2. The van der Waals surface area contributed by atoms with Crippen LogP contribution in [0, 0.1) is 0 Å². The van der Waals surface area contributed by atoms with Gasteiger partial charge in [-0.15, -0.1) is 11.3 Å². The first-order valence-electron chi connectivity index (χ1n) is 10.1. The van der Waals surface area contributed by atoms with E-state index in [0.717, 1.165) is 44.4 Å². The number of likely N-dealkylation sites (tertiary alicyclic amines) is 1. The lowest BCUT2D eigenvalue weighted by Crippen LogP contribution is -2.45. The Morgan fingerprint density at radius 3 is 2.72 bits per heavy atom. The van der Waals surface area contributed by atoms with Crippen molar-refractivity contribution in [1.29, 1.82) is 0 Å². The maximum absolute atomic E-state index is 12.5. The summed E-state index contributed by atoms with van der Waals surface area (Å²) in [4.78, 5) is 27.9. The van der Waals surface area contributed by atoms with Crippen LogP contribution in [0.5, 0.6) is 5.75 Å². The summed E-state index contributed by atoms with van der Waals surface area (Å²) in [5, 5.41) is 7.24. The van der Waals surface area contributed by atoms with Gasteiger partial charge in [-0.3, -0.25) is 15.0 Å². The van der Waals surface area contributed by atoms with E-state index in [1.807, 2.05) is 29.6 Å². The summed E-state index contributed by atoms with van der Waals surface area (Å²) in [6.07, 6.45) is 5.14. The molecule has 1 aromatic carbocycles. The van der Waals surface area contributed by atoms with E-state index in [0.29, 0.717) is 6.54 Å². The normalized spacial score (nSPS) is 17.3. The number of methoxy groups -OCH3 is 1. The van der Waals surface area contributed by atoms with Crippen molar-refractivity contribution >= 4 is 23.3 Å². The van der Waals surface area contributed by atoms with Crippen molar-refractivity contribution in [3.05, 3.63) is 52.2 Å². The van der Waals surface area contributed by atoms with E-state index in [2.05, 4.69) is 27.7 Å². The summed E-state index contributed by atoms with van der Waals surface area (Å²) >= 11 is 1.66. The number of benzene rings is 1. The Bertz CT molecular complexity index is 777. The third kappa shape index (κ3) is 6.58. The summed E-state index contributed by atoms with van der Waals surface area (Å²) in [6.45, 7) is 1.58. The number of thiophene rings is 1. The van der Waals surface area contributed by atoms with Gasteiger partial charge < -0.3 is 10.1 Å². The lowest BCUT2D eigenvalue weighted by Gasteiger charge is -2.29. The second-order valence-corrected chi connectivity index (χ2v) is 8.27. The van der Waals surface area contributed by atoms with Crippen molar-refractivity contribution in [1.82, 2.24) is 15.5 Å². The fourth-order valence-electron chi connectivity index (χ4n) is 3.71. The highest BCUT2D eigenvalue weighted by Gasteiger charge is 2.25. The van der Waals surface area contributed by atoms with Crippen LogP contribution in [-0.2, 0) is 11.2 Å². The molecule has 2 aromatic rings. The SMILES string of the molecule is COc1ccc(C2CCCCCN2CC(=O)NC(=O)NCCc2cccs2)cc1. The quantitative estimate of drug-likeness (QED) is 0.723. The van der Waals surface area contributed by atoms with Crippen molar-refractivity contribution in [2.24, 2.45) is 0 Å². The standard InChI is InChI=1S/C22H29N3O3S/c1-28-18-10-8-17(9-11-18)20-7-3-2-4-14-25(20)16-21(26)24-22(27)23-13-12-19-6-5-15-29-19/h5-6,8-11,15,20H,2-4,7,12-14,16H2,1H3,(H2,23,24,26,27). The van der Waals surface area contributed by atoms with E-state index in [1.54, 1.807) is 18.4 Å². The molecule has 6 nitrogen and oxygen atoms in total. The second-order valence-electron chi connectivity index (χ2n) is 7.24. The molecular weight excluding hydrogens is 386 g/mol. The van der Waals surface area contributed by atoms with Gasteiger partial charge in [-0.2, -0.15) is 0 Å². The number of rotatable bonds is 7. The number of imide groups is 1. The summed E-state index contributed by atoms with van der Waals surface area (Å²) < 4.78 is 5.25. The zero-order valence-electron chi connectivity index (χ0n) is 16.9. The molecule has 1 atom stereocenters. The van der Waals surface area contributed by atoms with E-state index >= 15 is 0 Å². The number of carbonyl (C=O) groups excluding carboxylic acids is 2. The zero-order valence-corrected chi connectivity index (χ0v) is 17.7. The minimum Gasteiger partial charge on any atom is -0.497 e. The van der Waals surface area contributed by atoms with E-state index < -0.39 is 6.03 Å². The summed E-state index contributed by atoms with van der Waals surface area (Å²) in [5.41, 5.74) is 1.18. The predicted molar refractivity (Wildman–Crippen MR) is 115 cm³/mol. The highest BCUT2D eigenvalue weighted by Crippen LogP contribution is 2.30. The second kappa shape index (κ2) is 11.0. The Kier molecular flexibility index (Phi) is 8.07. The van der Waals surface area contributed by atoms with Crippen LogP contribution in [-0.4, -0.2) is 43.6 Å². The van der Waals surface area contributed by atoms with E-state index in [-0.39, 0.29) is 18.5 Å².